The van der Waals surface area contributed by atoms with Crippen LogP contribution in [-0.4, -0.2) is 63.4 Å². The number of aliphatic hydroxyl groups is 3. The van der Waals surface area contributed by atoms with Crippen LogP contribution in [0.1, 0.15) is 18.1 Å². The average molecular weight is 378 g/mol. The molecule has 10 heteroatoms. The summed E-state index contributed by atoms with van der Waals surface area (Å²) in [7, 11) is 0. The van der Waals surface area contributed by atoms with Crippen molar-refractivity contribution in [3.05, 3.63) is 35.4 Å². The standard InChI is InChI=1S/C16H19F3NO6/c1-8(22)20(6-9-2-4-10(5-3-9)16(17,18)19)12-14(24)13(23)11(7-21)26-15(12)25/h2-5,11-15,21,23-24H,6-7H2,1H3/q-1/t11-,12-,13-,14-,15+/m1/s1. The van der Waals surface area contributed by atoms with Gasteiger partial charge in [-0.15, -0.1) is 0 Å². The molecule has 1 aliphatic rings. The summed E-state index contributed by atoms with van der Waals surface area (Å²) < 4.78 is 42.7. The molecular weight excluding hydrogens is 359 g/mol. The van der Waals surface area contributed by atoms with Gasteiger partial charge in [0.2, 0.25) is 5.91 Å². The van der Waals surface area contributed by atoms with Gasteiger partial charge >= 0.3 is 6.18 Å². The molecule has 1 aromatic carbocycles. The molecule has 1 heterocycles. The quantitative estimate of drug-likeness (QED) is 0.634. The minimum absolute atomic E-state index is 0.256. The van der Waals surface area contributed by atoms with Crippen LogP contribution in [0.25, 0.3) is 0 Å². The highest BCUT2D eigenvalue weighted by molar-refractivity contribution is 5.73. The zero-order valence-electron chi connectivity index (χ0n) is 13.8. The van der Waals surface area contributed by atoms with Crippen LogP contribution in [-0.2, 0) is 22.3 Å². The molecule has 0 aliphatic carbocycles. The van der Waals surface area contributed by atoms with E-state index in [1.54, 1.807) is 0 Å². The van der Waals surface area contributed by atoms with Gasteiger partial charge in [0.1, 0.15) is 18.3 Å². The van der Waals surface area contributed by atoms with Crippen molar-refractivity contribution in [2.75, 3.05) is 6.61 Å². The number of halogens is 3. The lowest BCUT2D eigenvalue weighted by Gasteiger charge is -2.50. The summed E-state index contributed by atoms with van der Waals surface area (Å²) in [5.41, 5.74) is -0.564. The largest absolute Gasteiger partial charge is 0.829 e. The van der Waals surface area contributed by atoms with Gasteiger partial charge in [0.15, 0.2) is 0 Å². The minimum atomic E-state index is -4.50. The van der Waals surface area contributed by atoms with Crippen molar-refractivity contribution in [2.45, 2.75) is 50.3 Å². The number of nitrogens with zero attached hydrogens (tertiary/aromatic N) is 1. The highest BCUT2D eigenvalue weighted by Crippen LogP contribution is 2.30. The number of carbonyl (C=O) groups excluding carboxylic acids is 1. The number of alkyl halides is 3. The third-order valence-corrected chi connectivity index (χ3v) is 4.25. The van der Waals surface area contributed by atoms with E-state index in [2.05, 4.69) is 0 Å². The normalized spacial score (nSPS) is 29.5. The molecule has 0 unspecified atom stereocenters. The third kappa shape index (κ3) is 4.33. The van der Waals surface area contributed by atoms with Gasteiger partial charge < -0.3 is 30.1 Å². The summed E-state index contributed by atoms with van der Waals surface area (Å²) in [5, 5.41) is 41.3. The molecule has 1 aromatic rings. The Labute approximate surface area is 147 Å². The lowest BCUT2D eigenvalue weighted by molar-refractivity contribution is -0.525. The molecular formula is C16H19F3NO6-. The smallest absolute Gasteiger partial charge is 0.416 e. The van der Waals surface area contributed by atoms with E-state index in [0.29, 0.717) is 5.56 Å². The zero-order valence-corrected chi connectivity index (χ0v) is 13.8. The Hall–Kier alpha value is -1.72. The van der Waals surface area contributed by atoms with E-state index in [4.69, 9.17) is 9.84 Å². The fraction of sp³-hybridized carbons (Fsp3) is 0.562. The fourth-order valence-corrected chi connectivity index (χ4v) is 2.82. The van der Waals surface area contributed by atoms with Gasteiger partial charge in [-0.3, -0.25) is 4.79 Å². The maximum absolute atomic E-state index is 12.6. The van der Waals surface area contributed by atoms with Crippen molar-refractivity contribution >= 4 is 5.91 Å². The van der Waals surface area contributed by atoms with Crippen LogP contribution in [0.15, 0.2) is 24.3 Å². The van der Waals surface area contributed by atoms with Gasteiger partial charge in [-0.1, -0.05) is 12.1 Å². The number of hydrogen-bond donors (Lipinski definition) is 3. The van der Waals surface area contributed by atoms with E-state index in [1.165, 1.54) is 0 Å². The summed E-state index contributed by atoms with van der Waals surface area (Å²) in [6, 6.07) is 2.52. The molecule has 5 atom stereocenters. The maximum atomic E-state index is 12.6. The highest BCUT2D eigenvalue weighted by Gasteiger charge is 2.43. The first-order chi connectivity index (χ1) is 12.1. The Morgan fingerprint density at radius 2 is 1.81 bits per heavy atom. The second-order valence-electron chi connectivity index (χ2n) is 6.04. The number of hydrogen-bond acceptors (Lipinski definition) is 6. The Morgan fingerprint density at radius 1 is 1.23 bits per heavy atom. The number of benzene rings is 1. The van der Waals surface area contributed by atoms with Gasteiger partial charge in [0.05, 0.1) is 18.2 Å². The number of aliphatic hydroxyl groups excluding tert-OH is 3. The first kappa shape index (κ1) is 20.6. The van der Waals surface area contributed by atoms with Crippen LogP contribution in [0.5, 0.6) is 0 Å². The van der Waals surface area contributed by atoms with Gasteiger partial charge in [-0.05, 0) is 17.7 Å². The Kier molecular flexibility index (Phi) is 6.25. The molecule has 0 saturated carbocycles. The maximum Gasteiger partial charge on any atom is 0.416 e. The predicted molar refractivity (Wildman–Crippen MR) is 79.2 cm³/mol. The molecule has 3 N–H and O–H groups in total. The van der Waals surface area contributed by atoms with Crippen LogP contribution >= 0.6 is 0 Å². The molecule has 7 nitrogen and oxygen atoms in total. The molecule has 0 spiro atoms. The van der Waals surface area contributed by atoms with Gasteiger partial charge in [-0.25, -0.2) is 0 Å². The first-order valence-corrected chi connectivity index (χ1v) is 7.78. The molecule has 0 radical (unpaired) electrons. The van der Waals surface area contributed by atoms with Crippen LogP contribution in [0.3, 0.4) is 0 Å². The minimum Gasteiger partial charge on any atom is -0.829 e. The van der Waals surface area contributed by atoms with Crippen LogP contribution in [0.2, 0.25) is 0 Å². The number of carbonyl (C=O) groups is 1. The first-order valence-electron chi connectivity index (χ1n) is 7.78. The third-order valence-electron chi connectivity index (χ3n) is 4.25. The van der Waals surface area contributed by atoms with E-state index in [-0.39, 0.29) is 6.54 Å². The molecule has 2 rings (SSSR count). The van der Waals surface area contributed by atoms with Crippen molar-refractivity contribution in [2.24, 2.45) is 0 Å². The SMILES string of the molecule is CC(=O)N(Cc1ccc(C(F)(F)F)cc1)[C@@H]1[C@@H](O)[C@H](O)[C@@H](CO)O[C@@H]1[O-]. The molecule has 1 fully saturated rings. The zero-order chi connectivity index (χ0) is 19.6. The van der Waals surface area contributed by atoms with Gasteiger partial charge in [0.25, 0.3) is 0 Å². The number of amides is 1. The second-order valence-corrected chi connectivity index (χ2v) is 6.04. The van der Waals surface area contributed by atoms with E-state index in [9.17, 15) is 33.3 Å². The van der Waals surface area contributed by atoms with Gasteiger partial charge in [-0.2, -0.15) is 13.2 Å². The van der Waals surface area contributed by atoms with Crippen LogP contribution in [0, 0.1) is 0 Å². The number of ether oxygens (including phenoxy) is 1. The monoisotopic (exact) mass is 378 g/mol. The molecule has 1 aliphatic heterocycles. The summed E-state index contributed by atoms with van der Waals surface area (Å²) in [5.74, 6) is -0.631. The summed E-state index contributed by atoms with van der Waals surface area (Å²) >= 11 is 0. The van der Waals surface area contributed by atoms with E-state index in [0.717, 1.165) is 36.1 Å². The fourth-order valence-electron chi connectivity index (χ4n) is 2.82. The van der Waals surface area contributed by atoms with Crippen molar-refractivity contribution in [3.8, 4) is 0 Å². The Balaban J connectivity index is 2.22. The lowest BCUT2D eigenvalue weighted by Crippen LogP contribution is -2.68. The molecule has 146 valence electrons. The molecule has 1 saturated heterocycles. The molecule has 26 heavy (non-hydrogen) atoms. The predicted octanol–water partition coefficient (Wildman–Crippen LogP) is -0.778. The highest BCUT2D eigenvalue weighted by atomic mass is 19.4. The summed E-state index contributed by atoms with van der Waals surface area (Å²) in [4.78, 5) is 12.9. The Bertz CT molecular complexity index is 623. The van der Waals surface area contributed by atoms with Crippen molar-refractivity contribution < 1.29 is 43.1 Å². The topological polar surface area (TPSA) is 113 Å². The number of rotatable bonds is 4. The molecule has 0 bridgehead atoms. The lowest BCUT2D eigenvalue weighted by atomic mass is 9.95. The van der Waals surface area contributed by atoms with E-state index >= 15 is 0 Å². The van der Waals surface area contributed by atoms with Crippen LogP contribution < -0.4 is 5.11 Å². The molecule has 1 amide bonds. The van der Waals surface area contributed by atoms with Crippen molar-refractivity contribution in [1.82, 2.24) is 4.90 Å². The van der Waals surface area contributed by atoms with E-state index in [1.807, 2.05) is 0 Å². The summed E-state index contributed by atoms with van der Waals surface area (Å²) in [6.45, 7) is 0.171. The average Bonchev–Trinajstić information content (AvgIpc) is 2.56. The van der Waals surface area contributed by atoms with Gasteiger partial charge in [0, 0.05) is 19.8 Å². The summed E-state index contributed by atoms with van der Waals surface area (Å²) in [6.07, 6.45) is -11.0. The molecule has 0 aromatic heterocycles. The van der Waals surface area contributed by atoms with Crippen molar-refractivity contribution in [1.29, 1.82) is 0 Å². The van der Waals surface area contributed by atoms with Crippen molar-refractivity contribution in [3.63, 3.8) is 0 Å². The second kappa shape index (κ2) is 7.89. The van der Waals surface area contributed by atoms with E-state index < -0.39 is 54.9 Å². The van der Waals surface area contributed by atoms with Crippen LogP contribution in [0.4, 0.5) is 13.2 Å². The Morgan fingerprint density at radius 3 is 2.27 bits per heavy atom.